The molecule has 2 rings (SSSR count). The number of nitriles is 1. The average Bonchev–Trinajstić information content (AvgIpc) is 2.55. The van der Waals surface area contributed by atoms with E-state index in [9.17, 15) is 9.90 Å². The molecule has 1 atom stereocenters. The summed E-state index contributed by atoms with van der Waals surface area (Å²) in [4.78, 5) is 16.5. The number of amides is 1. The number of piperidine rings is 1. The van der Waals surface area contributed by atoms with Crippen molar-refractivity contribution in [3.8, 4) is 6.07 Å². The van der Waals surface area contributed by atoms with Crippen LogP contribution < -0.4 is 4.90 Å². The van der Waals surface area contributed by atoms with Crippen LogP contribution in [0.4, 0.5) is 5.69 Å². The van der Waals surface area contributed by atoms with Crippen LogP contribution in [0.15, 0.2) is 24.3 Å². The van der Waals surface area contributed by atoms with Gasteiger partial charge in [0.1, 0.15) is 0 Å². The van der Waals surface area contributed by atoms with Gasteiger partial charge in [-0.1, -0.05) is 24.6 Å². The molecule has 0 aromatic heterocycles. The van der Waals surface area contributed by atoms with E-state index < -0.39 is 0 Å². The third-order valence-corrected chi connectivity index (χ3v) is 4.70. The van der Waals surface area contributed by atoms with Crippen LogP contribution >= 0.6 is 11.6 Å². The molecule has 1 unspecified atom stereocenters. The van der Waals surface area contributed by atoms with Gasteiger partial charge in [-0.3, -0.25) is 9.69 Å². The molecule has 0 radical (unpaired) electrons. The molecule has 0 aliphatic carbocycles. The zero-order valence-corrected chi connectivity index (χ0v) is 14.8. The van der Waals surface area contributed by atoms with Crippen LogP contribution in [0.3, 0.4) is 0 Å². The quantitative estimate of drug-likeness (QED) is 0.857. The van der Waals surface area contributed by atoms with Crippen LogP contribution in [-0.4, -0.2) is 48.7 Å². The molecule has 1 N–H and O–H groups in total. The Morgan fingerprint density at radius 1 is 1.54 bits per heavy atom. The van der Waals surface area contributed by atoms with E-state index in [1.165, 1.54) is 0 Å². The minimum atomic E-state index is -0.147. The highest BCUT2D eigenvalue weighted by molar-refractivity contribution is 6.30. The van der Waals surface area contributed by atoms with Crippen molar-refractivity contribution in [2.24, 2.45) is 5.41 Å². The molecule has 1 fully saturated rings. The van der Waals surface area contributed by atoms with Gasteiger partial charge in [0.2, 0.25) is 5.91 Å². The molecule has 0 spiro atoms. The van der Waals surface area contributed by atoms with Crippen molar-refractivity contribution in [3.05, 3.63) is 29.3 Å². The Morgan fingerprint density at radius 3 is 3.00 bits per heavy atom. The summed E-state index contributed by atoms with van der Waals surface area (Å²) >= 11 is 6.03. The van der Waals surface area contributed by atoms with Gasteiger partial charge in [0, 0.05) is 35.8 Å². The summed E-state index contributed by atoms with van der Waals surface area (Å²) in [5.41, 5.74) is 0.566. The number of carbonyl (C=O) groups excluding carboxylic acids is 1. The molecule has 130 valence electrons. The third kappa shape index (κ3) is 4.94. The number of rotatable bonds is 6. The van der Waals surface area contributed by atoms with Crippen molar-refractivity contribution >= 4 is 23.2 Å². The first kappa shape index (κ1) is 18.7. The number of aliphatic hydroxyl groups is 1. The summed E-state index contributed by atoms with van der Waals surface area (Å²) in [6.45, 7) is 4.37. The maximum absolute atomic E-state index is 12.8. The fourth-order valence-corrected chi connectivity index (χ4v) is 3.36. The lowest BCUT2D eigenvalue weighted by Gasteiger charge is -2.39. The van der Waals surface area contributed by atoms with Crippen LogP contribution in [0.1, 0.15) is 26.2 Å². The molecule has 0 bridgehead atoms. The predicted molar refractivity (Wildman–Crippen MR) is 94.9 cm³/mol. The van der Waals surface area contributed by atoms with E-state index in [1.807, 2.05) is 13.0 Å². The first-order valence-electron chi connectivity index (χ1n) is 8.23. The Balaban J connectivity index is 2.09. The molecular weight excluding hydrogens is 326 g/mol. The standard InChI is InChI=1S/C18H24ClN3O2/c1-18(14-23)7-3-9-21(13-18)12-17(24)22(10-4-8-20)16-6-2-5-15(19)11-16/h2,5-6,11,23H,3-4,7,9-10,12-14H2,1H3. The lowest BCUT2D eigenvalue weighted by atomic mass is 9.83. The number of hydrogen-bond donors (Lipinski definition) is 1. The average molecular weight is 350 g/mol. The van der Waals surface area contributed by atoms with Gasteiger partial charge in [0.25, 0.3) is 0 Å². The molecular formula is C18H24ClN3O2. The number of benzene rings is 1. The topological polar surface area (TPSA) is 67.6 Å². The molecule has 5 nitrogen and oxygen atoms in total. The van der Waals surface area contributed by atoms with Crippen molar-refractivity contribution in [2.45, 2.75) is 26.2 Å². The highest BCUT2D eigenvalue weighted by Gasteiger charge is 2.31. The molecule has 1 aliphatic rings. The van der Waals surface area contributed by atoms with Gasteiger partial charge < -0.3 is 10.0 Å². The number of nitrogens with zero attached hydrogens (tertiary/aromatic N) is 3. The van der Waals surface area contributed by atoms with Crippen molar-refractivity contribution in [2.75, 3.05) is 37.7 Å². The second-order valence-corrected chi connectivity index (χ2v) is 7.15. The van der Waals surface area contributed by atoms with Gasteiger partial charge in [-0.15, -0.1) is 0 Å². The fraction of sp³-hybridized carbons (Fsp3) is 0.556. The Hall–Kier alpha value is -1.61. The van der Waals surface area contributed by atoms with Crippen LogP contribution in [0.25, 0.3) is 0 Å². The number of halogens is 1. The van der Waals surface area contributed by atoms with Gasteiger partial charge in [-0.2, -0.15) is 5.26 Å². The summed E-state index contributed by atoms with van der Waals surface area (Å²) < 4.78 is 0. The smallest absolute Gasteiger partial charge is 0.241 e. The number of hydrogen-bond acceptors (Lipinski definition) is 4. The minimum Gasteiger partial charge on any atom is -0.396 e. The maximum atomic E-state index is 12.8. The number of aliphatic hydroxyl groups excluding tert-OH is 1. The van der Waals surface area contributed by atoms with E-state index in [2.05, 4.69) is 11.0 Å². The lowest BCUT2D eigenvalue weighted by molar-refractivity contribution is -0.120. The van der Waals surface area contributed by atoms with Crippen molar-refractivity contribution in [1.29, 1.82) is 5.26 Å². The zero-order chi connectivity index (χ0) is 17.6. The summed E-state index contributed by atoms with van der Waals surface area (Å²) in [5.74, 6) is -0.0466. The lowest BCUT2D eigenvalue weighted by Crippen LogP contribution is -2.48. The van der Waals surface area contributed by atoms with Crippen molar-refractivity contribution < 1.29 is 9.90 Å². The van der Waals surface area contributed by atoms with E-state index in [4.69, 9.17) is 16.9 Å². The van der Waals surface area contributed by atoms with Gasteiger partial charge in [-0.05, 0) is 37.6 Å². The molecule has 1 aromatic carbocycles. The molecule has 1 heterocycles. The predicted octanol–water partition coefficient (Wildman–Crippen LogP) is 2.68. The van der Waals surface area contributed by atoms with Crippen LogP contribution in [-0.2, 0) is 4.79 Å². The van der Waals surface area contributed by atoms with Crippen molar-refractivity contribution in [1.82, 2.24) is 4.90 Å². The molecule has 1 aromatic rings. The molecule has 24 heavy (non-hydrogen) atoms. The molecule has 1 amide bonds. The second kappa shape index (κ2) is 8.48. The third-order valence-electron chi connectivity index (χ3n) is 4.47. The Kier molecular flexibility index (Phi) is 6.61. The summed E-state index contributed by atoms with van der Waals surface area (Å²) in [6, 6.07) is 9.22. The van der Waals surface area contributed by atoms with E-state index in [-0.39, 0.29) is 30.9 Å². The monoisotopic (exact) mass is 349 g/mol. The minimum absolute atomic E-state index is 0.0466. The SMILES string of the molecule is CC1(CO)CCCN(CC(=O)N(CCC#N)c2cccc(Cl)c2)C1. The van der Waals surface area contributed by atoms with Gasteiger partial charge >= 0.3 is 0 Å². The summed E-state index contributed by atoms with van der Waals surface area (Å²) in [7, 11) is 0. The maximum Gasteiger partial charge on any atom is 0.241 e. The number of likely N-dealkylation sites (tertiary alicyclic amines) is 1. The first-order chi connectivity index (χ1) is 11.5. The largest absolute Gasteiger partial charge is 0.396 e. The van der Waals surface area contributed by atoms with E-state index in [0.717, 1.165) is 19.4 Å². The van der Waals surface area contributed by atoms with E-state index >= 15 is 0 Å². The highest BCUT2D eigenvalue weighted by atomic mass is 35.5. The van der Waals surface area contributed by atoms with Gasteiger partial charge in [0.05, 0.1) is 19.0 Å². The molecule has 6 heteroatoms. The summed E-state index contributed by atoms with van der Waals surface area (Å²) in [6.07, 6.45) is 2.22. The van der Waals surface area contributed by atoms with Crippen LogP contribution in [0, 0.1) is 16.7 Å². The van der Waals surface area contributed by atoms with Crippen LogP contribution in [0.5, 0.6) is 0 Å². The zero-order valence-electron chi connectivity index (χ0n) is 14.0. The van der Waals surface area contributed by atoms with Crippen molar-refractivity contribution in [3.63, 3.8) is 0 Å². The number of carbonyl (C=O) groups is 1. The Morgan fingerprint density at radius 2 is 2.33 bits per heavy atom. The number of anilines is 1. The molecule has 1 aliphatic heterocycles. The molecule has 1 saturated heterocycles. The first-order valence-corrected chi connectivity index (χ1v) is 8.61. The second-order valence-electron chi connectivity index (χ2n) is 6.72. The van der Waals surface area contributed by atoms with Gasteiger partial charge in [0.15, 0.2) is 0 Å². The molecule has 0 saturated carbocycles. The van der Waals surface area contributed by atoms with E-state index in [0.29, 0.717) is 23.8 Å². The fourth-order valence-electron chi connectivity index (χ4n) is 3.17. The normalized spacial score (nSPS) is 21.2. The van der Waals surface area contributed by atoms with E-state index in [1.54, 1.807) is 23.1 Å². The Bertz CT molecular complexity index is 617. The highest BCUT2D eigenvalue weighted by Crippen LogP contribution is 2.29. The van der Waals surface area contributed by atoms with Gasteiger partial charge in [-0.25, -0.2) is 0 Å². The Labute approximate surface area is 148 Å². The van der Waals surface area contributed by atoms with Crippen LogP contribution in [0.2, 0.25) is 5.02 Å². The summed E-state index contributed by atoms with van der Waals surface area (Å²) in [5, 5.41) is 19.0.